The minimum atomic E-state index is -0.434. The summed E-state index contributed by atoms with van der Waals surface area (Å²) in [6, 6.07) is 7.24. The van der Waals surface area contributed by atoms with Gasteiger partial charge in [0.1, 0.15) is 6.61 Å². The van der Waals surface area contributed by atoms with Crippen molar-refractivity contribution in [2.24, 2.45) is 0 Å². The Bertz CT molecular complexity index is 702. The van der Waals surface area contributed by atoms with Gasteiger partial charge in [0.05, 0.1) is 0 Å². The van der Waals surface area contributed by atoms with E-state index in [1.807, 2.05) is 18.2 Å². The SMILES string of the molecule is CCCCCCCCCCCCCCCSc1ccc(C(=O)OCc2cccnc2)o1. The van der Waals surface area contributed by atoms with Gasteiger partial charge in [-0.15, -0.1) is 0 Å². The highest BCUT2D eigenvalue weighted by atomic mass is 32.2. The third-order valence-corrected chi connectivity index (χ3v) is 6.36. The van der Waals surface area contributed by atoms with E-state index in [2.05, 4.69) is 11.9 Å². The second kappa shape index (κ2) is 16.9. The molecule has 0 saturated heterocycles. The van der Waals surface area contributed by atoms with E-state index in [1.165, 1.54) is 83.5 Å². The molecule has 0 amide bonds. The van der Waals surface area contributed by atoms with Crippen molar-refractivity contribution in [2.45, 2.75) is 102 Å². The van der Waals surface area contributed by atoms with Gasteiger partial charge in [0.2, 0.25) is 5.76 Å². The normalized spacial score (nSPS) is 11.0. The number of aromatic nitrogens is 1. The fraction of sp³-hybridized carbons (Fsp3) is 0.615. The maximum Gasteiger partial charge on any atom is 0.374 e. The molecule has 0 radical (unpaired) electrons. The minimum Gasteiger partial charge on any atom is -0.455 e. The van der Waals surface area contributed by atoms with Crippen LogP contribution in [-0.2, 0) is 11.3 Å². The number of rotatable bonds is 18. The van der Waals surface area contributed by atoms with Crippen LogP contribution in [0.15, 0.2) is 46.2 Å². The second-order valence-corrected chi connectivity index (χ2v) is 9.25. The summed E-state index contributed by atoms with van der Waals surface area (Å²) in [7, 11) is 0. The van der Waals surface area contributed by atoms with E-state index in [0.717, 1.165) is 16.4 Å². The molecule has 0 saturated carbocycles. The molecule has 2 heterocycles. The molecule has 0 N–H and O–H groups in total. The third kappa shape index (κ3) is 12.0. The Kier molecular flexibility index (Phi) is 13.9. The van der Waals surface area contributed by atoms with Crippen LogP contribution in [0.5, 0.6) is 0 Å². The standard InChI is InChI=1S/C26H39NO3S/c1-2-3-4-5-6-7-8-9-10-11-12-13-14-20-31-25-18-17-24(30-25)26(28)29-22-23-16-15-19-27-21-23/h15-19,21H,2-14,20,22H2,1H3. The van der Waals surface area contributed by atoms with Gasteiger partial charge in [-0.25, -0.2) is 4.79 Å². The lowest BCUT2D eigenvalue weighted by atomic mass is 10.1. The molecule has 0 bridgehead atoms. The van der Waals surface area contributed by atoms with Crippen LogP contribution in [0.2, 0.25) is 0 Å². The summed E-state index contributed by atoms with van der Waals surface area (Å²) in [6.45, 7) is 2.48. The minimum absolute atomic E-state index is 0.203. The van der Waals surface area contributed by atoms with Crippen LogP contribution < -0.4 is 0 Å². The van der Waals surface area contributed by atoms with E-state index < -0.39 is 5.97 Å². The predicted octanol–water partition coefficient (Wildman–Crippen LogP) is 8.21. The molecular formula is C26H39NO3S. The van der Waals surface area contributed by atoms with E-state index in [-0.39, 0.29) is 12.4 Å². The Labute approximate surface area is 192 Å². The van der Waals surface area contributed by atoms with Crippen molar-refractivity contribution in [1.29, 1.82) is 0 Å². The van der Waals surface area contributed by atoms with Gasteiger partial charge in [0.15, 0.2) is 5.09 Å². The van der Waals surface area contributed by atoms with E-state index in [0.29, 0.717) is 0 Å². The van der Waals surface area contributed by atoms with Gasteiger partial charge in [0.25, 0.3) is 0 Å². The molecule has 0 aliphatic heterocycles. The summed E-state index contributed by atoms with van der Waals surface area (Å²) in [5.41, 5.74) is 0.861. The molecular weight excluding hydrogens is 406 g/mol. The maximum absolute atomic E-state index is 12.1. The van der Waals surface area contributed by atoms with E-state index >= 15 is 0 Å². The summed E-state index contributed by atoms with van der Waals surface area (Å²) >= 11 is 1.67. The Balaban J connectivity index is 1.43. The molecule has 0 aliphatic carbocycles. The first kappa shape index (κ1) is 25.5. The molecule has 0 aromatic carbocycles. The third-order valence-electron chi connectivity index (χ3n) is 5.37. The molecule has 0 fully saturated rings. The highest BCUT2D eigenvalue weighted by Crippen LogP contribution is 2.23. The molecule has 172 valence electrons. The number of nitrogens with zero attached hydrogens (tertiary/aromatic N) is 1. The molecule has 2 rings (SSSR count). The maximum atomic E-state index is 12.1. The van der Waals surface area contributed by atoms with Crippen LogP contribution in [0.3, 0.4) is 0 Å². The van der Waals surface area contributed by atoms with Crippen LogP contribution in [0.25, 0.3) is 0 Å². The van der Waals surface area contributed by atoms with Crippen molar-refractivity contribution in [2.75, 3.05) is 5.75 Å². The van der Waals surface area contributed by atoms with Crippen molar-refractivity contribution in [3.63, 3.8) is 0 Å². The van der Waals surface area contributed by atoms with Gasteiger partial charge in [-0.2, -0.15) is 0 Å². The lowest BCUT2D eigenvalue weighted by molar-refractivity contribution is 0.0430. The molecule has 0 unspecified atom stereocenters. The Morgan fingerprint density at radius 3 is 2.16 bits per heavy atom. The van der Waals surface area contributed by atoms with E-state index in [9.17, 15) is 4.79 Å². The average Bonchev–Trinajstić information content (AvgIpc) is 3.27. The number of furan rings is 1. The Hall–Kier alpha value is -1.75. The number of hydrogen-bond acceptors (Lipinski definition) is 5. The van der Waals surface area contributed by atoms with E-state index in [1.54, 1.807) is 30.2 Å². The van der Waals surface area contributed by atoms with Crippen molar-refractivity contribution in [1.82, 2.24) is 4.98 Å². The molecule has 0 aliphatic rings. The number of carbonyl (C=O) groups is 1. The lowest BCUT2D eigenvalue weighted by Gasteiger charge is -2.03. The molecule has 4 nitrogen and oxygen atoms in total. The monoisotopic (exact) mass is 445 g/mol. The number of carbonyl (C=O) groups excluding carboxylic acids is 1. The van der Waals surface area contributed by atoms with Gasteiger partial charge in [-0.3, -0.25) is 4.98 Å². The van der Waals surface area contributed by atoms with Crippen molar-refractivity contribution in [3.05, 3.63) is 48.0 Å². The smallest absolute Gasteiger partial charge is 0.374 e. The van der Waals surface area contributed by atoms with Crippen LogP contribution in [0.4, 0.5) is 0 Å². The number of unbranched alkanes of at least 4 members (excludes halogenated alkanes) is 12. The highest BCUT2D eigenvalue weighted by molar-refractivity contribution is 7.99. The predicted molar refractivity (Wildman–Crippen MR) is 128 cm³/mol. The van der Waals surface area contributed by atoms with Crippen LogP contribution in [0.1, 0.15) is 107 Å². The van der Waals surface area contributed by atoms with Gasteiger partial charge < -0.3 is 9.15 Å². The summed E-state index contributed by atoms with van der Waals surface area (Å²) in [5, 5.41) is 0.785. The molecule has 0 spiro atoms. The quantitative estimate of drug-likeness (QED) is 0.131. The van der Waals surface area contributed by atoms with Crippen LogP contribution in [0, 0.1) is 0 Å². The number of esters is 1. The lowest BCUT2D eigenvalue weighted by Crippen LogP contribution is -2.03. The zero-order valence-electron chi connectivity index (χ0n) is 19.2. The molecule has 2 aromatic rings. The Morgan fingerprint density at radius 2 is 1.55 bits per heavy atom. The van der Waals surface area contributed by atoms with Gasteiger partial charge in [-0.1, -0.05) is 102 Å². The first-order valence-corrected chi connectivity index (χ1v) is 13.1. The average molecular weight is 446 g/mol. The largest absolute Gasteiger partial charge is 0.455 e. The zero-order chi connectivity index (χ0) is 22.0. The highest BCUT2D eigenvalue weighted by Gasteiger charge is 2.13. The fourth-order valence-electron chi connectivity index (χ4n) is 3.50. The summed E-state index contributed by atoms with van der Waals surface area (Å²) in [6.07, 6.45) is 21.1. The first-order valence-electron chi connectivity index (χ1n) is 12.1. The van der Waals surface area contributed by atoms with Crippen LogP contribution >= 0.6 is 11.8 Å². The van der Waals surface area contributed by atoms with Crippen molar-refractivity contribution < 1.29 is 13.9 Å². The Morgan fingerprint density at radius 1 is 0.903 bits per heavy atom. The van der Waals surface area contributed by atoms with Gasteiger partial charge >= 0.3 is 5.97 Å². The number of hydrogen-bond donors (Lipinski definition) is 0. The molecule has 2 aromatic heterocycles. The number of pyridine rings is 1. The summed E-state index contributed by atoms with van der Waals surface area (Å²) in [5.74, 6) is 0.850. The fourth-order valence-corrected chi connectivity index (χ4v) is 4.37. The zero-order valence-corrected chi connectivity index (χ0v) is 20.0. The molecule has 5 heteroatoms. The van der Waals surface area contributed by atoms with Gasteiger partial charge in [-0.05, 0) is 24.6 Å². The first-order chi connectivity index (χ1) is 15.3. The summed E-state index contributed by atoms with van der Waals surface area (Å²) < 4.78 is 10.9. The van der Waals surface area contributed by atoms with Crippen molar-refractivity contribution >= 4 is 17.7 Å². The van der Waals surface area contributed by atoms with E-state index in [4.69, 9.17) is 9.15 Å². The number of ether oxygens (including phenoxy) is 1. The second-order valence-electron chi connectivity index (χ2n) is 8.15. The van der Waals surface area contributed by atoms with Crippen molar-refractivity contribution in [3.8, 4) is 0 Å². The van der Waals surface area contributed by atoms with Crippen LogP contribution in [-0.4, -0.2) is 16.7 Å². The molecule has 0 atom stereocenters. The summed E-state index contributed by atoms with van der Waals surface area (Å²) in [4.78, 5) is 16.1. The number of thioether (sulfide) groups is 1. The topological polar surface area (TPSA) is 52.3 Å². The molecule has 31 heavy (non-hydrogen) atoms. The van der Waals surface area contributed by atoms with Gasteiger partial charge in [0, 0.05) is 23.7 Å².